The number of hydrogen-bond acceptors (Lipinski definition) is 1. The molecule has 3 heteroatoms. The molecule has 0 aliphatic carbocycles. The highest BCUT2D eigenvalue weighted by Gasteiger charge is 2.08. The van der Waals surface area contributed by atoms with Crippen LogP contribution in [0.25, 0.3) is 10.9 Å². The standard InChI is InChI=1S/C17H20N2O/c1-3-14(4-2)19-17(20)11-7-8-13-12-18-16-10-6-5-9-15(13)16/h1,5-6,9-10,12,14,18H,4,7-8,11H2,2H3,(H,19,20). The molecule has 0 aliphatic heterocycles. The van der Waals surface area contributed by atoms with E-state index < -0.39 is 0 Å². The molecule has 2 N–H and O–H groups in total. The first kappa shape index (κ1) is 14.2. The van der Waals surface area contributed by atoms with Crippen molar-refractivity contribution in [2.24, 2.45) is 0 Å². The maximum absolute atomic E-state index is 11.7. The largest absolute Gasteiger partial charge is 0.361 e. The summed E-state index contributed by atoms with van der Waals surface area (Å²) in [6.45, 7) is 1.97. The smallest absolute Gasteiger partial charge is 0.220 e. The molecule has 20 heavy (non-hydrogen) atoms. The van der Waals surface area contributed by atoms with Gasteiger partial charge in [-0.15, -0.1) is 6.42 Å². The van der Waals surface area contributed by atoms with Gasteiger partial charge in [-0.2, -0.15) is 0 Å². The topological polar surface area (TPSA) is 44.9 Å². The third-order valence-corrected chi connectivity index (χ3v) is 3.47. The maximum atomic E-state index is 11.7. The lowest BCUT2D eigenvalue weighted by atomic mass is 10.1. The fraction of sp³-hybridized carbons (Fsp3) is 0.353. The van der Waals surface area contributed by atoms with Crippen LogP contribution in [-0.2, 0) is 11.2 Å². The molecule has 1 heterocycles. The minimum Gasteiger partial charge on any atom is -0.361 e. The molecule has 1 amide bonds. The molecule has 104 valence electrons. The first-order valence-corrected chi connectivity index (χ1v) is 7.05. The zero-order chi connectivity index (χ0) is 14.4. The van der Waals surface area contributed by atoms with E-state index in [2.05, 4.69) is 28.4 Å². The van der Waals surface area contributed by atoms with E-state index in [1.165, 1.54) is 10.9 Å². The Morgan fingerprint density at radius 3 is 3.00 bits per heavy atom. The molecule has 0 saturated heterocycles. The van der Waals surface area contributed by atoms with Gasteiger partial charge < -0.3 is 10.3 Å². The molecular weight excluding hydrogens is 248 g/mol. The van der Waals surface area contributed by atoms with Crippen LogP contribution in [0.15, 0.2) is 30.5 Å². The summed E-state index contributed by atoms with van der Waals surface area (Å²) in [7, 11) is 0. The number of carbonyl (C=O) groups excluding carboxylic acids is 1. The molecule has 1 unspecified atom stereocenters. The van der Waals surface area contributed by atoms with Crippen molar-refractivity contribution in [1.29, 1.82) is 0 Å². The fourth-order valence-electron chi connectivity index (χ4n) is 2.31. The van der Waals surface area contributed by atoms with Crippen LogP contribution in [0, 0.1) is 12.3 Å². The van der Waals surface area contributed by atoms with Gasteiger partial charge in [0.25, 0.3) is 0 Å². The van der Waals surface area contributed by atoms with Gasteiger partial charge in [0, 0.05) is 23.5 Å². The van der Waals surface area contributed by atoms with Crippen molar-refractivity contribution in [2.45, 2.75) is 38.6 Å². The first-order chi connectivity index (χ1) is 9.74. The lowest BCUT2D eigenvalue weighted by Crippen LogP contribution is -2.32. The van der Waals surface area contributed by atoms with Gasteiger partial charge >= 0.3 is 0 Å². The van der Waals surface area contributed by atoms with Gasteiger partial charge in [0.2, 0.25) is 5.91 Å². The van der Waals surface area contributed by atoms with Gasteiger partial charge in [0.05, 0.1) is 6.04 Å². The van der Waals surface area contributed by atoms with Gasteiger partial charge in [-0.1, -0.05) is 31.0 Å². The Morgan fingerprint density at radius 1 is 1.45 bits per heavy atom. The number of fused-ring (bicyclic) bond motifs is 1. The lowest BCUT2D eigenvalue weighted by Gasteiger charge is -2.10. The molecule has 0 saturated carbocycles. The molecule has 0 fully saturated rings. The highest BCUT2D eigenvalue weighted by molar-refractivity contribution is 5.83. The maximum Gasteiger partial charge on any atom is 0.220 e. The number of H-pyrrole nitrogens is 1. The predicted octanol–water partition coefficient (Wildman–Crippen LogP) is 3.02. The number of nitrogens with one attached hydrogen (secondary N) is 2. The van der Waals surface area contributed by atoms with Gasteiger partial charge in [0.1, 0.15) is 0 Å². The van der Waals surface area contributed by atoms with Gasteiger partial charge in [-0.3, -0.25) is 4.79 Å². The second-order valence-electron chi connectivity index (χ2n) is 4.91. The Bertz CT molecular complexity index is 621. The second kappa shape index (κ2) is 6.81. The van der Waals surface area contributed by atoms with Crippen molar-refractivity contribution in [3.8, 4) is 12.3 Å². The van der Waals surface area contributed by atoms with E-state index in [0.29, 0.717) is 6.42 Å². The second-order valence-corrected chi connectivity index (χ2v) is 4.91. The van der Waals surface area contributed by atoms with Crippen LogP contribution in [0.5, 0.6) is 0 Å². The lowest BCUT2D eigenvalue weighted by molar-refractivity contribution is -0.121. The Balaban J connectivity index is 1.84. The van der Waals surface area contributed by atoms with Crippen LogP contribution in [-0.4, -0.2) is 16.9 Å². The van der Waals surface area contributed by atoms with Crippen molar-refractivity contribution in [2.75, 3.05) is 0 Å². The Labute approximate surface area is 119 Å². The summed E-state index contributed by atoms with van der Waals surface area (Å²) in [6.07, 6.45) is 10.4. The molecule has 0 bridgehead atoms. The molecule has 1 aromatic heterocycles. The number of carbonyl (C=O) groups is 1. The molecule has 0 aliphatic rings. The number of aryl methyl sites for hydroxylation is 1. The quantitative estimate of drug-likeness (QED) is 0.777. The average molecular weight is 268 g/mol. The van der Waals surface area contributed by atoms with E-state index >= 15 is 0 Å². The van der Waals surface area contributed by atoms with Gasteiger partial charge in [0.15, 0.2) is 0 Å². The minimum atomic E-state index is -0.143. The summed E-state index contributed by atoms with van der Waals surface area (Å²) in [5.41, 5.74) is 2.41. The van der Waals surface area contributed by atoms with Crippen molar-refractivity contribution in [1.82, 2.24) is 10.3 Å². The predicted molar refractivity (Wildman–Crippen MR) is 82.3 cm³/mol. The summed E-state index contributed by atoms with van der Waals surface area (Å²) in [5, 5.41) is 4.09. The van der Waals surface area contributed by atoms with Crippen molar-refractivity contribution < 1.29 is 4.79 Å². The van der Waals surface area contributed by atoms with Crippen molar-refractivity contribution in [3.63, 3.8) is 0 Å². The minimum absolute atomic E-state index is 0.0367. The number of rotatable bonds is 6. The number of amides is 1. The number of hydrogen-bond donors (Lipinski definition) is 2. The van der Waals surface area contributed by atoms with E-state index in [9.17, 15) is 4.79 Å². The number of benzene rings is 1. The summed E-state index contributed by atoms with van der Waals surface area (Å²) in [5.74, 6) is 2.61. The van der Waals surface area contributed by atoms with E-state index in [1.54, 1.807) is 0 Å². The summed E-state index contributed by atoms with van der Waals surface area (Å²) in [6, 6.07) is 8.07. The molecule has 0 radical (unpaired) electrons. The number of terminal acetylenes is 1. The molecule has 1 atom stereocenters. The molecule has 3 nitrogen and oxygen atoms in total. The van der Waals surface area contributed by atoms with Crippen LogP contribution >= 0.6 is 0 Å². The van der Waals surface area contributed by atoms with Crippen LogP contribution in [0.4, 0.5) is 0 Å². The van der Waals surface area contributed by atoms with Gasteiger partial charge in [-0.25, -0.2) is 0 Å². The Morgan fingerprint density at radius 2 is 2.25 bits per heavy atom. The Hall–Kier alpha value is -2.21. The van der Waals surface area contributed by atoms with Crippen molar-refractivity contribution >= 4 is 16.8 Å². The highest BCUT2D eigenvalue weighted by Crippen LogP contribution is 2.19. The van der Waals surface area contributed by atoms with Crippen LogP contribution in [0.2, 0.25) is 0 Å². The molecular formula is C17H20N2O. The number of para-hydroxylation sites is 1. The monoisotopic (exact) mass is 268 g/mol. The van der Waals surface area contributed by atoms with E-state index in [0.717, 1.165) is 24.8 Å². The molecule has 2 rings (SSSR count). The highest BCUT2D eigenvalue weighted by atomic mass is 16.1. The fourth-order valence-corrected chi connectivity index (χ4v) is 2.31. The van der Waals surface area contributed by atoms with Crippen LogP contribution in [0.3, 0.4) is 0 Å². The number of aromatic nitrogens is 1. The molecule has 2 aromatic rings. The summed E-state index contributed by atoms with van der Waals surface area (Å²) >= 11 is 0. The number of aromatic amines is 1. The third-order valence-electron chi connectivity index (χ3n) is 3.47. The van der Waals surface area contributed by atoms with Gasteiger partial charge in [-0.05, 0) is 30.9 Å². The average Bonchev–Trinajstić information content (AvgIpc) is 2.88. The normalized spacial score (nSPS) is 12.0. The zero-order valence-corrected chi connectivity index (χ0v) is 11.8. The summed E-state index contributed by atoms with van der Waals surface area (Å²) < 4.78 is 0. The first-order valence-electron chi connectivity index (χ1n) is 7.05. The third kappa shape index (κ3) is 3.42. The van der Waals surface area contributed by atoms with Crippen LogP contribution < -0.4 is 5.32 Å². The SMILES string of the molecule is C#CC(CC)NC(=O)CCCc1c[nH]c2ccccc12. The summed E-state index contributed by atoms with van der Waals surface area (Å²) in [4.78, 5) is 15.0. The van der Waals surface area contributed by atoms with E-state index in [-0.39, 0.29) is 11.9 Å². The van der Waals surface area contributed by atoms with Crippen molar-refractivity contribution in [3.05, 3.63) is 36.0 Å². The zero-order valence-electron chi connectivity index (χ0n) is 11.8. The van der Waals surface area contributed by atoms with Crippen LogP contribution in [0.1, 0.15) is 31.7 Å². The molecule has 1 aromatic carbocycles. The van der Waals surface area contributed by atoms with E-state index in [4.69, 9.17) is 6.42 Å². The van der Waals surface area contributed by atoms with E-state index in [1.807, 2.05) is 25.3 Å². The molecule has 0 spiro atoms. The Kier molecular flexibility index (Phi) is 4.84.